The fourth-order valence-corrected chi connectivity index (χ4v) is 2.61. The van der Waals surface area contributed by atoms with Gasteiger partial charge in [-0.3, -0.25) is 0 Å². The van der Waals surface area contributed by atoms with Crippen LogP contribution in [0.15, 0.2) is 18.2 Å². The van der Waals surface area contributed by atoms with Crippen LogP contribution >= 0.6 is 11.6 Å². The van der Waals surface area contributed by atoms with Crippen LogP contribution in [0.5, 0.6) is 0 Å². The van der Waals surface area contributed by atoms with Gasteiger partial charge >= 0.3 is 0 Å². The summed E-state index contributed by atoms with van der Waals surface area (Å²) in [7, 11) is 0. The van der Waals surface area contributed by atoms with Gasteiger partial charge in [0.2, 0.25) is 5.95 Å². The second-order valence-electron chi connectivity index (χ2n) is 4.84. The average Bonchev–Trinajstić information content (AvgIpc) is 2.53. The van der Waals surface area contributed by atoms with E-state index in [1.807, 2.05) is 18.2 Å². The second-order valence-corrected chi connectivity index (χ2v) is 5.28. The minimum Gasteiger partial charge on any atom is -0.369 e. The molecule has 0 aliphatic heterocycles. The van der Waals surface area contributed by atoms with Crippen molar-refractivity contribution in [1.29, 1.82) is 0 Å². The van der Waals surface area contributed by atoms with E-state index in [1.165, 1.54) is 25.7 Å². The zero-order valence-corrected chi connectivity index (χ0v) is 10.5. The summed E-state index contributed by atoms with van der Waals surface area (Å²) in [5.41, 5.74) is 7.94. The lowest BCUT2D eigenvalue weighted by Gasteiger charge is -2.25. The van der Waals surface area contributed by atoms with Gasteiger partial charge in [-0.05, 0) is 30.5 Å². The van der Waals surface area contributed by atoms with Gasteiger partial charge in [0, 0.05) is 11.6 Å². The molecule has 2 N–H and O–H groups in total. The maximum Gasteiger partial charge on any atom is 0.201 e. The zero-order chi connectivity index (χ0) is 11.8. The van der Waals surface area contributed by atoms with Gasteiger partial charge < -0.3 is 10.3 Å². The largest absolute Gasteiger partial charge is 0.369 e. The van der Waals surface area contributed by atoms with Crippen molar-refractivity contribution in [3.05, 3.63) is 23.2 Å². The Hall–Kier alpha value is -1.22. The van der Waals surface area contributed by atoms with E-state index < -0.39 is 0 Å². The molecule has 17 heavy (non-hydrogen) atoms. The van der Waals surface area contributed by atoms with Crippen molar-refractivity contribution in [2.75, 3.05) is 5.73 Å². The predicted molar refractivity (Wildman–Crippen MR) is 71.1 cm³/mol. The fourth-order valence-electron chi connectivity index (χ4n) is 2.44. The Morgan fingerprint density at radius 3 is 2.94 bits per heavy atom. The molecule has 1 heterocycles. The Morgan fingerprint density at radius 1 is 1.41 bits per heavy atom. The first-order valence-electron chi connectivity index (χ1n) is 6.15. The Bertz CT molecular complexity index is 543. The first-order chi connectivity index (χ1) is 8.24. The Morgan fingerprint density at radius 2 is 2.24 bits per heavy atom. The zero-order valence-electron chi connectivity index (χ0n) is 9.69. The van der Waals surface area contributed by atoms with Crippen LogP contribution in [0, 0.1) is 5.92 Å². The van der Waals surface area contributed by atoms with Crippen molar-refractivity contribution < 1.29 is 0 Å². The van der Waals surface area contributed by atoms with E-state index in [-0.39, 0.29) is 0 Å². The Labute approximate surface area is 106 Å². The molecule has 1 aliphatic rings. The monoisotopic (exact) mass is 249 g/mol. The van der Waals surface area contributed by atoms with E-state index >= 15 is 0 Å². The molecule has 3 nitrogen and oxygen atoms in total. The Kier molecular flexibility index (Phi) is 2.71. The maximum absolute atomic E-state index is 6.02. The molecular weight excluding hydrogens is 234 g/mol. The third-order valence-corrected chi connectivity index (χ3v) is 3.96. The molecule has 1 aliphatic carbocycles. The van der Waals surface area contributed by atoms with E-state index in [2.05, 4.69) is 9.55 Å². The summed E-state index contributed by atoms with van der Waals surface area (Å²) in [6.45, 7) is 0.952. The van der Waals surface area contributed by atoms with Gasteiger partial charge in [-0.1, -0.05) is 30.9 Å². The number of imidazole rings is 1. The molecule has 0 amide bonds. The number of nitrogens with two attached hydrogens (primary N) is 1. The smallest absolute Gasteiger partial charge is 0.201 e. The standard InChI is InChI=1S/C13H16ClN3/c14-10-4-5-11-12(8-10)17(13(15)16-11)7-6-9-2-1-3-9/h4-5,8-9H,1-3,6-7H2,(H2,15,16). The van der Waals surface area contributed by atoms with Crippen molar-refractivity contribution in [3.8, 4) is 0 Å². The van der Waals surface area contributed by atoms with Crippen molar-refractivity contribution in [2.45, 2.75) is 32.2 Å². The fraction of sp³-hybridized carbons (Fsp3) is 0.462. The van der Waals surface area contributed by atoms with Gasteiger partial charge in [-0.15, -0.1) is 0 Å². The number of nitrogen functional groups attached to an aromatic ring is 1. The number of fused-ring (bicyclic) bond motifs is 1. The molecule has 1 saturated carbocycles. The molecule has 0 spiro atoms. The van der Waals surface area contributed by atoms with Crippen molar-refractivity contribution >= 4 is 28.6 Å². The molecule has 4 heteroatoms. The number of anilines is 1. The molecule has 1 fully saturated rings. The first kappa shape index (κ1) is 10.9. The van der Waals surface area contributed by atoms with Crippen molar-refractivity contribution in [2.24, 2.45) is 5.92 Å². The van der Waals surface area contributed by atoms with E-state index in [0.717, 1.165) is 28.5 Å². The van der Waals surface area contributed by atoms with Crippen LogP contribution < -0.4 is 5.73 Å². The molecular formula is C13H16ClN3. The van der Waals surface area contributed by atoms with Crippen LogP contribution in [0.1, 0.15) is 25.7 Å². The molecule has 3 rings (SSSR count). The third kappa shape index (κ3) is 2.00. The molecule has 90 valence electrons. The summed E-state index contributed by atoms with van der Waals surface area (Å²) in [6.07, 6.45) is 5.32. The number of halogens is 1. The number of aryl methyl sites for hydroxylation is 1. The summed E-state index contributed by atoms with van der Waals surface area (Å²) < 4.78 is 2.08. The molecule has 1 aromatic carbocycles. The number of hydrogen-bond acceptors (Lipinski definition) is 2. The van der Waals surface area contributed by atoms with Gasteiger partial charge in [0.25, 0.3) is 0 Å². The van der Waals surface area contributed by atoms with Crippen LogP contribution in [-0.4, -0.2) is 9.55 Å². The van der Waals surface area contributed by atoms with E-state index in [9.17, 15) is 0 Å². The van der Waals surface area contributed by atoms with Crippen molar-refractivity contribution in [3.63, 3.8) is 0 Å². The van der Waals surface area contributed by atoms with Gasteiger partial charge in [-0.2, -0.15) is 0 Å². The summed E-state index contributed by atoms with van der Waals surface area (Å²) in [4.78, 5) is 4.36. The number of rotatable bonds is 3. The molecule has 0 bridgehead atoms. The highest BCUT2D eigenvalue weighted by Crippen LogP contribution is 2.31. The van der Waals surface area contributed by atoms with Crippen LogP contribution in [-0.2, 0) is 6.54 Å². The van der Waals surface area contributed by atoms with Crippen LogP contribution in [0.3, 0.4) is 0 Å². The third-order valence-electron chi connectivity index (χ3n) is 3.73. The van der Waals surface area contributed by atoms with Crippen molar-refractivity contribution in [1.82, 2.24) is 9.55 Å². The number of nitrogens with zero attached hydrogens (tertiary/aromatic N) is 2. The lowest BCUT2D eigenvalue weighted by Crippen LogP contribution is -2.14. The number of hydrogen-bond donors (Lipinski definition) is 1. The summed E-state index contributed by atoms with van der Waals surface area (Å²) in [5.74, 6) is 1.48. The first-order valence-corrected chi connectivity index (χ1v) is 6.53. The lowest BCUT2D eigenvalue weighted by atomic mass is 9.83. The molecule has 0 unspecified atom stereocenters. The van der Waals surface area contributed by atoms with E-state index in [0.29, 0.717) is 5.95 Å². The molecule has 0 saturated heterocycles. The SMILES string of the molecule is Nc1nc2ccc(Cl)cc2n1CCC1CCC1. The number of benzene rings is 1. The summed E-state index contributed by atoms with van der Waals surface area (Å²) in [5, 5.41) is 0.738. The number of aromatic nitrogens is 2. The van der Waals surface area contributed by atoms with Gasteiger partial charge in [-0.25, -0.2) is 4.98 Å². The van der Waals surface area contributed by atoms with E-state index in [1.54, 1.807) is 0 Å². The molecule has 2 aromatic rings. The summed E-state index contributed by atoms with van der Waals surface area (Å²) in [6, 6.07) is 5.72. The Balaban J connectivity index is 1.90. The highest BCUT2D eigenvalue weighted by Gasteiger charge is 2.18. The van der Waals surface area contributed by atoms with Gasteiger partial charge in [0.05, 0.1) is 11.0 Å². The minimum atomic E-state index is 0.599. The second kappa shape index (κ2) is 4.22. The minimum absolute atomic E-state index is 0.599. The quantitative estimate of drug-likeness (QED) is 0.905. The highest BCUT2D eigenvalue weighted by atomic mass is 35.5. The highest BCUT2D eigenvalue weighted by molar-refractivity contribution is 6.31. The van der Waals surface area contributed by atoms with Crippen LogP contribution in [0.2, 0.25) is 5.02 Å². The lowest BCUT2D eigenvalue weighted by molar-refractivity contribution is 0.284. The van der Waals surface area contributed by atoms with Crippen LogP contribution in [0.25, 0.3) is 11.0 Å². The molecule has 0 radical (unpaired) electrons. The topological polar surface area (TPSA) is 43.8 Å². The molecule has 1 aromatic heterocycles. The van der Waals surface area contributed by atoms with Crippen LogP contribution in [0.4, 0.5) is 5.95 Å². The summed E-state index contributed by atoms with van der Waals surface area (Å²) >= 11 is 6.02. The normalized spacial score (nSPS) is 16.3. The van der Waals surface area contributed by atoms with Gasteiger partial charge in [0.15, 0.2) is 0 Å². The maximum atomic E-state index is 6.02. The average molecular weight is 250 g/mol. The predicted octanol–water partition coefficient (Wildman–Crippen LogP) is 3.46. The van der Waals surface area contributed by atoms with Gasteiger partial charge in [0.1, 0.15) is 0 Å². The van der Waals surface area contributed by atoms with E-state index in [4.69, 9.17) is 17.3 Å². The molecule has 0 atom stereocenters.